The van der Waals surface area contributed by atoms with Gasteiger partial charge in [-0.15, -0.1) is 0 Å². The number of benzene rings is 1. The molecule has 0 amide bonds. The van der Waals surface area contributed by atoms with Gasteiger partial charge in [0.1, 0.15) is 17.5 Å². The molecule has 0 unspecified atom stereocenters. The smallest absolute Gasteiger partial charge is 0.352 e. The number of anilines is 3. The van der Waals surface area contributed by atoms with Crippen molar-refractivity contribution >= 4 is 17.6 Å². The number of piperazine rings is 1. The monoisotopic (exact) mass is 486 g/mol. The summed E-state index contributed by atoms with van der Waals surface area (Å²) in [6.45, 7) is 4.94. The highest BCUT2D eigenvalue weighted by Crippen LogP contribution is 2.36. The van der Waals surface area contributed by atoms with E-state index in [0.29, 0.717) is 37.1 Å². The molecule has 0 aliphatic carbocycles. The van der Waals surface area contributed by atoms with Crippen LogP contribution in [0.2, 0.25) is 0 Å². The molecule has 10 heteroatoms. The second kappa shape index (κ2) is 9.31. The van der Waals surface area contributed by atoms with E-state index < -0.39 is 11.7 Å². The summed E-state index contributed by atoms with van der Waals surface area (Å²) in [5.74, 6) is 0.975. The zero-order valence-electron chi connectivity index (χ0n) is 19.3. The minimum atomic E-state index is -4.47. The highest BCUT2D eigenvalue weighted by molar-refractivity contribution is 5.66. The Hall–Kier alpha value is -3.43. The van der Waals surface area contributed by atoms with Crippen molar-refractivity contribution in [1.82, 2.24) is 15.0 Å². The largest absolute Gasteiger partial charge is 0.419 e. The molecule has 2 fully saturated rings. The molecule has 1 atom stereocenters. The second-order valence-electron chi connectivity index (χ2n) is 8.97. The molecule has 0 N–H and O–H groups in total. The Morgan fingerprint density at radius 3 is 2.34 bits per heavy atom. The van der Waals surface area contributed by atoms with E-state index in [-0.39, 0.29) is 17.7 Å². The molecule has 4 heterocycles. The molecule has 0 radical (unpaired) electrons. The summed E-state index contributed by atoms with van der Waals surface area (Å²) in [4.78, 5) is 19.6. The molecule has 0 bridgehead atoms. The third kappa shape index (κ3) is 4.87. The van der Waals surface area contributed by atoms with Gasteiger partial charge in [-0.25, -0.2) is 14.4 Å². The van der Waals surface area contributed by atoms with Crippen LogP contribution in [0.5, 0.6) is 0 Å². The van der Waals surface area contributed by atoms with E-state index in [2.05, 4.69) is 14.8 Å². The van der Waals surface area contributed by atoms with Crippen LogP contribution >= 0.6 is 0 Å². The van der Waals surface area contributed by atoms with Gasteiger partial charge in [-0.2, -0.15) is 18.2 Å². The predicted octanol–water partition coefficient (Wildman–Crippen LogP) is 5.01. The van der Waals surface area contributed by atoms with Crippen LogP contribution < -0.4 is 14.7 Å². The molecule has 2 aromatic heterocycles. The first-order valence-electron chi connectivity index (χ1n) is 11.7. The molecule has 2 saturated heterocycles. The van der Waals surface area contributed by atoms with Gasteiger partial charge in [0.05, 0.1) is 11.3 Å². The molecule has 3 aromatic rings. The Kier molecular flexibility index (Phi) is 6.21. The van der Waals surface area contributed by atoms with Gasteiger partial charge in [0.2, 0.25) is 5.95 Å². The quantitative estimate of drug-likeness (QED) is 0.483. The Morgan fingerprint density at radius 1 is 0.914 bits per heavy atom. The highest BCUT2D eigenvalue weighted by Gasteiger charge is 2.37. The van der Waals surface area contributed by atoms with Gasteiger partial charge in [-0.1, -0.05) is 0 Å². The van der Waals surface area contributed by atoms with Gasteiger partial charge in [0.15, 0.2) is 0 Å². The van der Waals surface area contributed by atoms with Crippen LogP contribution in [0.4, 0.5) is 35.1 Å². The SMILES string of the molecule is C[C@@H]1CN(c2ncccc2C(F)(F)F)CCN1c1cc(-c2ccc(F)cc2)nc(N2CCCC2)n1. The second-order valence-corrected chi connectivity index (χ2v) is 8.97. The fourth-order valence-electron chi connectivity index (χ4n) is 4.76. The summed E-state index contributed by atoms with van der Waals surface area (Å²) in [5.41, 5.74) is 0.748. The lowest BCUT2D eigenvalue weighted by atomic mass is 10.1. The van der Waals surface area contributed by atoms with Crippen LogP contribution in [0.15, 0.2) is 48.7 Å². The van der Waals surface area contributed by atoms with Crippen molar-refractivity contribution in [2.24, 2.45) is 0 Å². The van der Waals surface area contributed by atoms with Gasteiger partial charge in [-0.3, -0.25) is 0 Å². The van der Waals surface area contributed by atoms with Gasteiger partial charge in [0, 0.05) is 56.6 Å². The average Bonchev–Trinajstić information content (AvgIpc) is 3.39. The minimum Gasteiger partial charge on any atom is -0.352 e. The molecule has 0 saturated carbocycles. The lowest BCUT2D eigenvalue weighted by Gasteiger charge is -2.41. The molecule has 2 aliphatic rings. The summed E-state index contributed by atoms with van der Waals surface area (Å²) in [7, 11) is 0. The summed E-state index contributed by atoms with van der Waals surface area (Å²) in [6, 6.07) is 10.3. The number of aromatic nitrogens is 3. The molecule has 184 valence electrons. The zero-order valence-corrected chi connectivity index (χ0v) is 19.3. The first-order valence-corrected chi connectivity index (χ1v) is 11.7. The van der Waals surface area contributed by atoms with E-state index in [1.165, 1.54) is 24.4 Å². The number of nitrogens with zero attached hydrogens (tertiary/aromatic N) is 6. The first kappa shape index (κ1) is 23.3. The van der Waals surface area contributed by atoms with Gasteiger partial charge >= 0.3 is 6.18 Å². The number of rotatable bonds is 4. The van der Waals surface area contributed by atoms with Crippen LogP contribution in [0.1, 0.15) is 25.3 Å². The van der Waals surface area contributed by atoms with Crippen LogP contribution in [0, 0.1) is 5.82 Å². The number of pyridine rings is 1. The summed E-state index contributed by atoms with van der Waals surface area (Å²) in [6.07, 6.45) is -0.936. The van der Waals surface area contributed by atoms with Crippen LogP contribution in [0.3, 0.4) is 0 Å². The maximum absolute atomic E-state index is 13.5. The Bertz CT molecular complexity index is 1180. The van der Waals surface area contributed by atoms with E-state index in [1.54, 1.807) is 17.0 Å². The van der Waals surface area contributed by atoms with E-state index in [0.717, 1.165) is 37.6 Å². The molecule has 5 rings (SSSR count). The number of alkyl halides is 3. The Labute approximate surface area is 201 Å². The number of halogens is 4. The minimum absolute atomic E-state index is 0.0426. The molecular formula is C25H26F4N6. The van der Waals surface area contributed by atoms with E-state index in [9.17, 15) is 17.6 Å². The van der Waals surface area contributed by atoms with Gasteiger partial charge in [0.25, 0.3) is 0 Å². The predicted molar refractivity (Wildman–Crippen MR) is 127 cm³/mol. The first-order chi connectivity index (χ1) is 16.8. The summed E-state index contributed by atoms with van der Waals surface area (Å²) in [5, 5.41) is 0. The zero-order chi connectivity index (χ0) is 24.6. The van der Waals surface area contributed by atoms with Crippen molar-refractivity contribution in [2.75, 3.05) is 47.4 Å². The lowest BCUT2D eigenvalue weighted by Crippen LogP contribution is -2.53. The van der Waals surface area contributed by atoms with Crippen molar-refractivity contribution in [3.05, 3.63) is 60.0 Å². The standard InChI is InChI=1S/C25H26F4N6/c1-17-16-34(23-20(25(27,28)29)5-4-10-30-23)13-14-35(17)22-15-21(18-6-8-19(26)9-7-18)31-24(32-22)33-11-2-3-12-33/h4-10,15,17H,2-3,11-14,16H2,1H3/t17-/m1/s1. The maximum atomic E-state index is 13.5. The fourth-order valence-corrected chi connectivity index (χ4v) is 4.76. The number of hydrogen-bond donors (Lipinski definition) is 0. The number of hydrogen-bond acceptors (Lipinski definition) is 6. The van der Waals surface area contributed by atoms with Crippen LogP contribution in [0.25, 0.3) is 11.3 Å². The van der Waals surface area contributed by atoms with Crippen LogP contribution in [-0.2, 0) is 6.18 Å². The molecule has 1 aromatic carbocycles. The third-order valence-corrected chi connectivity index (χ3v) is 6.54. The van der Waals surface area contributed by atoms with Crippen molar-refractivity contribution < 1.29 is 17.6 Å². The maximum Gasteiger partial charge on any atom is 0.419 e. The fraction of sp³-hybridized carbons (Fsp3) is 0.400. The molecule has 0 spiro atoms. The van der Waals surface area contributed by atoms with Crippen LogP contribution in [-0.4, -0.2) is 53.7 Å². The van der Waals surface area contributed by atoms with E-state index in [1.807, 2.05) is 13.0 Å². The van der Waals surface area contributed by atoms with Crippen molar-refractivity contribution in [2.45, 2.75) is 32.0 Å². The van der Waals surface area contributed by atoms with Gasteiger partial charge in [-0.05, 0) is 56.2 Å². The van der Waals surface area contributed by atoms with Crippen molar-refractivity contribution in [3.63, 3.8) is 0 Å². The normalized spacial score (nSPS) is 18.9. The molecule has 6 nitrogen and oxygen atoms in total. The third-order valence-electron chi connectivity index (χ3n) is 6.54. The van der Waals surface area contributed by atoms with E-state index >= 15 is 0 Å². The summed E-state index contributed by atoms with van der Waals surface area (Å²) < 4.78 is 54.1. The molecule has 35 heavy (non-hydrogen) atoms. The molecular weight excluding hydrogens is 460 g/mol. The average molecular weight is 487 g/mol. The Morgan fingerprint density at radius 2 is 1.66 bits per heavy atom. The summed E-state index contributed by atoms with van der Waals surface area (Å²) >= 11 is 0. The Balaban J connectivity index is 1.45. The van der Waals surface area contributed by atoms with Crippen molar-refractivity contribution in [1.29, 1.82) is 0 Å². The molecule has 2 aliphatic heterocycles. The lowest BCUT2D eigenvalue weighted by molar-refractivity contribution is -0.137. The van der Waals surface area contributed by atoms with Gasteiger partial charge < -0.3 is 14.7 Å². The topological polar surface area (TPSA) is 48.4 Å². The van der Waals surface area contributed by atoms with Crippen molar-refractivity contribution in [3.8, 4) is 11.3 Å². The van der Waals surface area contributed by atoms with E-state index in [4.69, 9.17) is 9.97 Å². The highest BCUT2D eigenvalue weighted by atomic mass is 19.4.